The maximum absolute atomic E-state index is 11.3. The van der Waals surface area contributed by atoms with Crippen molar-refractivity contribution >= 4 is 25.8 Å². The van der Waals surface area contributed by atoms with Crippen molar-refractivity contribution in [2.75, 3.05) is 45.4 Å². The van der Waals surface area contributed by atoms with Crippen LogP contribution in [0.25, 0.3) is 0 Å². The second-order valence-corrected chi connectivity index (χ2v) is 7.32. The van der Waals surface area contributed by atoms with Gasteiger partial charge in [0.1, 0.15) is 0 Å². The summed E-state index contributed by atoms with van der Waals surface area (Å²) in [7, 11) is 0.710. The molecule has 0 aliphatic heterocycles. The van der Waals surface area contributed by atoms with Gasteiger partial charge in [0.25, 0.3) is 0 Å². The van der Waals surface area contributed by atoms with Crippen molar-refractivity contribution in [2.24, 2.45) is 0 Å². The summed E-state index contributed by atoms with van der Waals surface area (Å²) in [6.45, 7) is 3.66. The second kappa shape index (κ2) is 7.60. The predicted molar refractivity (Wildman–Crippen MR) is 66.4 cm³/mol. The fraction of sp³-hybridized carbons (Fsp3) is 1.00. The lowest BCUT2D eigenvalue weighted by molar-refractivity contribution is 0.187. The lowest BCUT2D eigenvalue weighted by Gasteiger charge is -2.19. The van der Waals surface area contributed by atoms with Gasteiger partial charge in [0.2, 0.25) is 0 Å². The van der Waals surface area contributed by atoms with Gasteiger partial charge in [-0.1, -0.05) is 22.9 Å². The van der Waals surface area contributed by atoms with Crippen LogP contribution in [0.2, 0.25) is 0 Å². The van der Waals surface area contributed by atoms with Crippen molar-refractivity contribution < 1.29 is 13.2 Å². The zero-order valence-corrected chi connectivity index (χ0v) is 12.0. The zero-order valence-electron chi connectivity index (χ0n) is 9.57. The van der Waals surface area contributed by atoms with Gasteiger partial charge in [0.05, 0.1) is 17.2 Å². The monoisotopic (exact) mass is 301 g/mol. The summed E-state index contributed by atoms with van der Waals surface area (Å²) in [4.78, 5) is 2.24. The number of hydrogen-bond acceptors (Lipinski definition) is 4. The molecule has 0 aromatic heterocycles. The molecule has 0 aliphatic rings. The Hall–Kier alpha value is 0.350. The van der Waals surface area contributed by atoms with E-state index in [1.165, 1.54) is 0 Å². The number of methoxy groups -OCH3 is 1. The van der Waals surface area contributed by atoms with Crippen molar-refractivity contribution in [3.05, 3.63) is 0 Å². The Morgan fingerprint density at radius 1 is 1.47 bits per heavy atom. The molecule has 0 aliphatic carbocycles. The van der Waals surface area contributed by atoms with Crippen LogP contribution in [0, 0.1) is 0 Å². The Morgan fingerprint density at radius 2 is 2.07 bits per heavy atom. The highest BCUT2D eigenvalue weighted by Gasteiger charge is 2.11. The molecule has 0 bridgehead atoms. The highest BCUT2D eigenvalue weighted by Crippen LogP contribution is 2.02. The molecular weight excluding hydrogens is 282 g/mol. The summed E-state index contributed by atoms with van der Waals surface area (Å²) in [6.07, 6.45) is 0. The molecule has 0 heterocycles. The lowest BCUT2D eigenvalue weighted by atomic mass is 10.4. The molecule has 0 aromatic rings. The Morgan fingerprint density at radius 3 is 2.53 bits per heavy atom. The third kappa shape index (κ3) is 8.19. The summed E-state index contributed by atoms with van der Waals surface area (Å²) in [5.41, 5.74) is 0. The van der Waals surface area contributed by atoms with Gasteiger partial charge in [-0.25, -0.2) is 8.42 Å². The molecule has 0 fully saturated rings. The molecule has 92 valence electrons. The topological polar surface area (TPSA) is 46.6 Å². The lowest BCUT2D eigenvalue weighted by Crippen LogP contribution is -2.32. The molecule has 0 rings (SSSR count). The summed E-state index contributed by atoms with van der Waals surface area (Å²) in [5.74, 6) is 0.448. The van der Waals surface area contributed by atoms with Gasteiger partial charge in [-0.15, -0.1) is 0 Å². The van der Waals surface area contributed by atoms with E-state index in [4.69, 9.17) is 4.74 Å². The van der Waals surface area contributed by atoms with Crippen LogP contribution in [0.15, 0.2) is 0 Å². The van der Waals surface area contributed by atoms with E-state index in [0.29, 0.717) is 13.2 Å². The maximum atomic E-state index is 11.3. The number of nitrogens with zero attached hydrogens (tertiary/aromatic N) is 1. The number of alkyl halides is 1. The fourth-order valence-corrected chi connectivity index (χ4v) is 2.74. The summed E-state index contributed by atoms with van der Waals surface area (Å²) in [6, 6.07) is 0. The molecule has 6 heteroatoms. The molecule has 0 aromatic carbocycles. The molecule has 0 radical (unpaired) electrons. The van der Waals surface area contributed by atoms with E-state index in [0.717, 1.165) is 6.54 Å². The van der Waals surface area contributed by atoms with Crippen molar-refractivity contribution in [3.63, 3.8) is 0 Å². The minimum absolute atomic E-state index is 0.219. The third-order valence-corrected chi connectivity index (χ3v) is 4.32. The van der Waals surface area contributed by atoms with E-state index in [-0.39, 0.29) is 16.3 Å². The molecule has 15 heavy (non-hydrogen) atoms. The highest BCUT2D eigenvalue weighted by atomic mass is 79.9. The maximum Gasteiger partial charge on any atom is 0.151 e. The van der Waals surface area contributed by atoms with Crippen molar-refractivity contribution in [3.8, 4) is 0 Å². The summed E-state index contributed by atoms with van der Waals surface area (Å²) >= 11 is 3.46. The molecule has 1 atom stereocenters. The molecule has 0 amide bonds. The number of halogens is 1. The van der Waals surface area contributed by atoms with Gasteiger partial charge in [0.15, 0.2) is 9.84 Å². The second-order valence-electron chi connectivity index (χ2n) is 3.55. The first-order chi connectivity index (χ1) is 6.91. The predicted octanol–water partition coefficient (Wildman–Crippen LogP) is 0.763. The van der Waals surface area contributed by atoms with Crippen LogP contribution in [0.4, 0.5) is 0 Å². The van der Waals surface area contributed by atoms with E-state index in [9.17, 15) is 8.42 Å². The quantitative estimate of drug-likeness (QED) is 0.621. The van der Waals surface area contributed by atoms with Crippen LogP contribution < -0.4 is 0 Å². The average molecular weight is 302 g/mol. The molecule has 0 N–H and O–H groups in total. The molecule has 0 saturated heterocycles. The Bertz CT molecular complexity index is 256. The summed E-state index contributed by atoms with van der Waals surface area (Å²) < 4.78 is 27.5. The van der Waals surface area contributed by atoms with Gasteiger partial charge in [-0.05, 0) is 7.05 Å². The van der Waals surface area contributed by atoms with E-state index in [1.807, 2.05) is 11.9 Å². The smallest absolute Gasteiger partial charge is 0.151 e. The Labute approximate surface area is 101 Å². The SMILES string of the molecule is CCS(=O)(=O)CCN(C)CC(Br)COC. The van der Waals surface area contributed by atoms with Gasteiger partial charge < -0.3 is 9.64 Å². The number of ether oxygens (including phenoxy) is 1. The first kappa shape index (κ1) is 15.3. The van der Waals surface area contributed by atoms with E-state index < -0.39 is 9.84 Å². The largest absolute Gasteiger partial charge is 0.383 e. The van der Waals surface area contributed by atoms with Crippen molar-refractivity contribution in [1.82, 2.24) is 4.90 Å². The van der Waals surface area contributed by atoms with Gasteiger partial charge in [-0.3, -0.25) is 0 Å². The minimum Gasteiger partial charge on any atom is -0.383 e. The van der Waals surface area contributed by atoms with Crippen LogP contribution in [-0.2, 0) is 14.6 Å². The Balaban J connectivity index is 3.80. The fourth-order valence-electron chi connectivity index (χ4n) is 1.10. The first-order valence-corrected chi connectivity index (χ1v) is 7.67. The van der Waals surface area contributed by atoms with Gasteiger partial charge in [-0.2, -0.15) is 0 Å². The van der Waals surface area contributed by atoms with Crippen molar-refractivity contribution in [1.29, 1.82) is 0 Å². The van der Waals surface area contributed by atoms with Crippen LogP contribution in [0.1, 0.15) is 6.92 Å². The molecular formula is C9H20BrNO3S. The number of rotatable bonds is 8. The van der Waals surface area contributed by atoms with Gasteiger partial charge >= 0.3 is 0 Å². The van der Waals surface area contributed by atoms with Crippen LogP contribution >= 0.6 is 15.9 Å². The summed E-state index contributed by atoms with van der Waals surface area (Å²) in [5, 5.41) is 0. The minimum atomic E-state index is -2.85. The standard InChI is InChI=1S/C9H20BrNO3S/c1-4-15(12,13)6-5-11(2)7-9(10)8-14-3/h9H,4-8H2,1-3H3. The number of hydrogen-bond donors (Lipinski definition) is 0. The normalized spacial score (nSPS) is 14.5. The van der Waals surface area contributed by atoms with Crippen LogP contribution in [-0.4, -0.2) is 63.5 Å². The van der Waals surface area contributed by atoms with Gasteiger partial charge in [0, 0.05) is 26.0 Å². The average Bonchev–Trinajstić information content (AvgIpc) is 2.15. The molecule has 0 saturated carbocycles. The molecule has 0 spiro atoms. The molecule has 4 nitrogen and oxygen atoms in total. The third-order valence-electron chi connectivity index (χ3n) is 2.08. The Kier molecular flexibility index (Phi) is 7.77. The van der Waals surface area contributed by atoms with E-state index in [1.54, 1.807) is 14.0 Å². The van der Waals surface area contributed by atoms with Crippen molar-refractivity contribution in [2.45, 2.75) is 11.8 Å². The molecule has 1 unspecified atom stereocenters. The number of sulfone groups is 1. The van der Waals surface area contributed by atoms with E-state index in [2.05, 4.69) is 15.9 Å². The first-order valence-electron chi connectivity index (χ1n) is 4.93. The van der Waals surface area contributed by atoms with Crippen LogP contribution in [0.3, 0.4) is 0 Å². The zero-order chi connectivity index (χ0) is 11.9. The van der Waals surface area contributed by atoms with E-state index >= 15 is 0 Å². The van der Waals surface area contributed by atoms with Crippen LogP contribution in [0.5, 0.6) is 0 Å². The highest BCUT2D eigenvalue weighted by molar-refractivity contribution is 9.09.